The second kappa shape index (κ2) is 15.1. The summed E-state index contributed by atoms with van der Waals surface area (Å²) in [4.78, 5) is 12.7. The number of carbonyl (C=O) groups is 1. The molecule has 1 N–H and O–H groups in total. The first kappa shape index (κ1) is 34.9. The molecule has 0 fully saturated rings. The maximum atomic E-state index is 14.8. The van der Waals surface area contributed by atoms with Gasteiger partial charge in [-0.05, 0) is 35.2 Å². The van der Waals surface area contributed by atoms with Gasteiger partial charge in [0, 0.05) is 43.4 Å². The van der Waals surface area contributed by atoms with Crippen molar-refractivity contribution < 1.29 is 40.6 Å². The molecule has 244 valence electrons. The summed E-state index contributed by atoms with van der Waals surface area (Å²) in [6.07, 6.45) is -4.25. The van der Waals surface area contributed by atoms with E-state index in [-0.39, 0.29) is 29.8 Å². The minimum Gasteiger partial charge on any atom is -0.493 e. The van der Waals surface area contributed by atoms with E-state index in [1.165, 1.54) is 6.07 Å². The van der Waals surface area contributed by atoms with Crippen molar-refractivity contribution in [2.75, 3.05) is 26.0 Å². The Hall–Kier alpha value is -3.93. The Morgan fingerprint density at radius 2 is 1.57 bits per heavy atom. The number of hydrogen-bond donors (Lipinski definition) is 1. The number of nitrogens with zero attached hydrogens (tertiary/aromatic N) is 1. The van der Waals surface area contributed by atoms with Crippen LogP contribution in [-0.2, 0) is 33.8 Å². The van der Waals surface area contributed by atoms with Gasteiger partial charge in [0.05, 0.1) is 28.5 Å². The second-order valence-corrected chi connectivity index (χ2v) is 13.2. The molecule has 0 radical (unpaired) electrons. The zero-order chi connectivity index (χ0) is 33.5. The van der Waals surface area contributed by atoms with Crippen molar-refractivity contribution >= 4 is 27.4 Å². The second-order valence-electron chi connectivity index (χ2n) is 10.8. The van der Waals surface area contributed by atoms with E-state index >= 15 is 0 Å². The number of carboxylic acids is 1. The molecule has 0 saturated heterocycles. The van der Waals surface area contributed by atoms with Gasteiger partial charge in [0.15, 0.2) is 9.84 Å². The van der Waals surface area contributed by atoms with E-state index in [0.717, 1.165) is 35.6 Å². The molecule has 4 aromatic carbocycles. The number of benzene rings is 4. The van der Waals surface area contributed by atoms with Crippen LogP contribution >= 0.6 is 11.6 Å². The lowest BCUT2D eigenvalue weighted by atomic mass is 9.90. The van der Waals surface area contributed by atoms with Crippen molar-refractivity contribution in [3.05, 3.63) is 130 Å². The van der Waals surface area contributed by atoms with Gasteiger partial charge in [-0.2, -0.15) is 13.2 Å². The number of hydrogen-bond acceptors (Lipinski definition) is 5. The molecule has 0 bridgehead atoms. The molecule has 12 heteroatoms. The van der Waals surface area contributed by atoms with Crippen LogP contribution in [0.3, 0.4) is 0 Å². The number of halogens is 5. The predicted molar refractivity (Wildman–Crippen MR) is 167 cm³/mol. The van der Waals surface area contributed by atoms with Gasteiger partial charge in [-0.3, -0.25) is 9.69 Å². The van der Waals surface area contributed by atoms with E-state index in [2.05, 4.69) is 0 Å². The van der Waals surface area contributed by atoms with Crippen molar-refractivity contribution in [3.63, 3.8) is 0 Å². The quantitative estimate of drug-likeness (QED) is 0.109. The number of carboxylic acid groups (broad SMARTS) is 1. The highest BCUT2D eigenvalue weighted by Crippen LogP contribution is 2.37. The van der Waals surface area contributed by atoms with Crippen LogP contribution in [0.4, 0.5) is 17.6 Å². The highest BCUT2D eigenvalue weighted by molar-refractivity contribution is 7.90. The molecular weight excluding hydrogens is 646 g/mol. The molecule has 0 spiro atoms. The summed E-state index contributed by atoms with van der Waals surface area (Å²) >= 11 is 6.27. The molecule has 0 aromatic heterocycles. The first-order chi connectivity index (χ1) is 21.7. The van der Waals surface area contributed by atoms with Gasteiger partial charge in [0.25, 0.3) is 0 Å². The minimum atomic E-state index is -4.62. The van der Waals surface area contributed by atoms with E-state index in [1.54, 1.807) is 6.07 Å². The number of sulfone groups is 1. The summed E-state index contributed by atoms with van der Waals surface area (Å²) < 4.78 is 86.0. The molecule has 6 nitrogen and oxygen atoms in total. The SMILES string of the molecule is CS(=O)(=O)c1cc(OCCCN(Cc2cccc(C(F)(F)F)c2Cl)CC(c2ccccc2)c2ccccc2)cc(F)c1CC(=O)O. The smallest absolute Gasteiger partial charge is 0.417 e. The average Bonchev–Trinajstić information content (AvgIpc) is 2.99. The van der Waals surface area contributed by atoms with Crippen LogP contribution in [-0.4, -0.2) is 50.3 Å². The maximum absolute atomic E-state index is 14.8. The molecule has 0 heterocycles. The fraction of sp³-hybridized carbons (Fsp3) is 0.265. The Labute approximate surface area is 270 Å². The van der Waals surface area contributed by atoms with E-state index in [9.17, 15) is 30.8 Å². The van der Waals surface area contributed by atoms with E-state index in [4.69, 9.17) is 21.4 Å². The Bertz CT molecular complexity index is 1710. The third-order valence-electron chi connectivity index (χ3n) is 7.37. The normalized spacial score (nSPS) is 12.1. The number of aliphatic carboxylic acids is 1. The lowest BCUT2D eigenvalue weighted by Gasteiger charge is -2.29. The van der Waals surface area contributed by atoms with E-state index in [0.29, 0.717) is 25.1 Å². The molecule has 0 aliphatic rings. The Balaban J connectivity index is 1.59. The van der Waals surface area contributed by atoms with E-state index in [1.807, 2.05) is 65.6 Å². The van der Waals surface area contributed by atoms with Gasteiger partial charge < -0.3 is 9.84 Å². The summed E-state index contributed by atoms with van der Waals surface area (Å²) in [5.74, 6) is -2.63. The largest absolute Gasteiger partial charge is 0.493 e. The maximum Gasteiger partial charge on any atom is 0.417 e. The fourth-order valence-electron chi connectivity index (χ4n) is 5.23. The van der Waals surface area contributed by atoms with Gasteiger partial charge in [-0.15, -0.1) is 0 Å². The van der Waals surface area contributed by atoms with Gasteiger partial charge in [0.2, 0.25) is 0 Å². The lowest BCUT2D eigenvalue weighted by Crippen LogP contribution is -2.31. The molecule has 0 unspecified atom stereocenters. The molecular formula is C34H32ClF4NO5S. The first-order valence-electron chi connectivity index (χ1n) is 14.3. The number of rotatable bonds is 14. The molecule has 46 heavy (non-hydrogen) atoms. The van der Waals surface area contributed by atoms with Crippen molar-refractivity contribution in [2.45, 2.75) is 36.4 Å². The monoisotopic (exact) mass is 677 g/mol. The van der Waals surface area contributed by atoms with Crippen LogP contribution in [0, 0.1) is 5.82 Å². The first-order valence-corrected chi connectivity index (χ1v) is 16.5. The third-order valence-corrected chi connectivity index (χ3v) is 8.98. The predicted octanol–water partition coefficient (Wildman–Crippen LogP) is 7.63. The highest BCUT2D eigenvalue weighted by Gasteiger charge is 2.34. The highest BCUT2D eigenvalue weighted by atomic mass is 35.5. The van der Waals surface area contributed by atoms with Crippen LogP contribution in [0.1, 0.15) is 40.2 Å². The summed E-state index contributed by atoms with van der Waals surface area (Å²) in [5, 5.41) is 8.72. The Morgan fingerprint density at radius 3 is 2.11 bits per heavy atom. The van der Waals surface area contributed by atoms with Crippen molar-refractivity contribution in [1.82, 2.24) is 4.90 Å². The van der Waals surface area contributed by atoms with Gasteiger partial charge in [0.1, 0.15) is 11.6 Å². The van der Waals surface area contributed by atoms with Gasteiger partial charge >= 0.3 is 12.1 Å². The average molecular weight is 678 g/mol. The van der Waals surface area contributed by atoms with Crippen molar-refractivity contribution in [2.24, 2.45) is 0 Å². The zero-order valence-corrected chi connectivity index (χ0v) is 26.4. The van der Waals surface area contributed by atoms with Crippen LogP contribution in [0.5, 0.6) is 5.75 Å². The summed E-state index contributed by atoms with van der Waals surface area (Å²) in [6, 6.07) is 25.2. The zero-order valence-electron chi connectivity index (χ0n) is 24.8. The molecule has 0 aliphatic carbocycles. The topological polar surface area (TPSA) is 83.9 Å². The molecule has 4 aromatic rings. The molecule has 0 aliphatic heterocycles. The third kappa shape index (κ3) is 9.31. The van der Waals surface area contributed by atoms with Gasteiger partial charge in [-0.1, -0.05) is 84.4 Å². The number of ether oxygens (including phenoxy) is 1. The van der Waals surface area contributed by atoms with Crippen LogP contribution in [0.2, 0.25) is 5.02 Å². The van der Waals surface area contributed by atoms with Crippen LogP contribution < -0.4 is 4.74 Å². The van der Waals surface area contributed by atoms with Crippen molar-refractivity contribution in [3.8, 4) is 5.75 Å². The summed E-state index contributed by atoms with van der Waals surface area (Å²) in [5.41, 5.74) is 0.934. The standard InChI is InChI=1S/C34H32ClF4NO5S/c1-46(43,44)31-19-26(18-30(36)27(31)20-32(41)42)45-17-9-16-40(21-25-14-8-15-29(33(25)35)34(37,38)39)22-28(23-10-4-2-5-11-23)24-12-6-3-7-13-24/h2-8,10-15,18-19,28H,9,16-17,20-22H2,1H3,(H,41,42). The van der Waals surface area contributed by atoms with Crippen LogP contribution in [0.15, 0.2) is 95.9 Å². The Kier molecular flexibility index (Phi) is 11.5. The molecule has 0 saturated carbocycles. The van der Waals surface area contributed by atoms with Gasteiger partial charge in [-0.25, -0.2) is 12.8 Å². The van der Waals surface area contributed by atoms with Crippen LogP contribution in [0.25, 0.3) is 0 Å². The summed E-state index contributed by atoms with van der Waals surface area (Å²) in [6.45, 7) is 0.851. The Morgan fingerprint density at radius 1 is 0.957 bits per heavy atom. The fourth-order valence-corrected chi connectivity index (χ4v) is 6.47. The lowest BCUT2D eigenvalue weighted by molar-refractivity contribution is -0.138. The molecule has 0 amide bonds. The minimum absolute atomic E-state index is 0.00901. The van der Waals surface area contributed by atoms with Crippen molar-refractivity contribution in [1.29, 1.82) is 0 Å². The molecule has 4 rings (SSSR count). The number of alkyl halides is 3. The van der Waals surface area contributed by atoms with E-state index < -0.39 is 50.2 Å². The summed E-state index contributed by atoms with van der Waals surface area (Å²) in [7, 11) is -3.97. The molecule has 0 atom stereocenters.